The third-order valence-electron chi connectivity index (χ3n) is 3.86. The molecule has 2 aromatic heterocycles. The van der Waals surface area contributed by atoms with Gasteiger partial charge in [0.15, 0.2) is 0 Å². The van der Waals surface area contributed by atoms with Gasteiger partial charge in [-0.2, -0.15) is 13.2 Å². The maximum Gasteiger partial charge on any atom is 0.416 e. The molecule has 0 aliphatic rings. The summed E-state index contributed by atoms with van der Waals surface area (Å²) in [6.45, 7) is 0. The Morgan fingerprint density at radius 1 is 1.11 bits per heavy atom. The topological polar surface area (TPSA) is 81.3 Å². The summed E-state index contributed by atoms with van der Waals surface area (Å²) >= 11 is 0. The molecule has 0 radical (unpaired) electrons. The number of hydrogen-bond acceptors (Lipinski definition) is 5. The average molecular weight is 378 g/mol. The number of fused-ring (bicyclic) bond motifs is 1. The van der Waals surface area contributed by atoms with Crippen LogP contribution in [0.4, 0.5) is 13.2 Å². The fourth-order valence-corrected chi connectivity index (χ4v) is 2.52. The Balaban J connectivity index is 1.91. The van der Waals surface area contributed by atoms with E-state index in [1.54, 1.807) is 12.3 Å². The number of nitrogens with one attached hydrogen (secondary N) is 1. The Hall–Kier alpha value is -3.36. The Bertz CT molecular complexity index is 980. The summed E-state index contributed by atoms with van der Waals surface area (Å²) in [5.74, 6) is -1.75. The molecule has 3 rings (SSSR count). The van der Waals surface area contributed by atoms with E-state index in [9.17, 15) is 22.8 Å². The Morgan fingerprint density at radius 2 is 1.81 bits per heavy atom. The molecule has 0 aliphatic carbocycles. The zero-order chi connectivity index (χ0) is 19.6. The first kappa shape index (κ1) is 18.4. The van der Waals surface area contributed by atoms with Crippen molar-refractivity contribution < 1.29 is 32.2 Å². The Morgan fingerprint density at radius 3 is 2.44 bits per heavy atom. The number of benzene rings is 1. The number of aromatic amines is 1. The second-order valence-electron chi connectivity index (χ2n) is 5.53. The van der Waals surface area contributed by atoms with Gasteiger partial charge in [0.05, 0.1) is 18.2 Å². The van der Waals surface area contributed by atoms with Gasteiger partial charge in [-0.1, -0.05) is 12.1 Å². The van der Waals surface area contributed by atoms with Crippen LogP contribution in [0.25, 0.3) is 11.0 Å². The van der Waals surface area contributed by atoms with Crippen molar-refractivity contribution in [3.05, 3.63) is 65.5 Å². The SMILES string of the molecule is COC(=O)C(OC(=O)c1ccnc2[nH]ccc12)c1ccc(C(F)(F)F)cc1. The number of nitrogens with zero attached hydrogens (tertiary/aromatic N) is 1. The van der Waals surface area contributed by atoms with Crippen molar-refractivity contribution in [1.29, 1.82) is 0 Å². The lowest BCUT2D eigenvalue weighted by molar-refractivity contribution is -0.151. The lowest BCUT2D eigenvalue weighted by Crippen LogP contribution is -2.21. The number of ether oxygens (including phenoxy) is 2. The van der Waals surface area contributed by atoms with Crippen molar-refractivity contribution in [2.75, 3.05) is 7.11 Å². The number of carbonyl (C=O) groups is 2. The molecular formula is C18H13F3N2O4. The van der Waals surface area contributed by atoms with Crippen molar-refractivity contribution in [2.24, 2.45) is 0 Å². The fraction of sp³-hybridized carbons (Fsp3) is 0.167. The van der Waals surface area contributed by atoms with Crippen LogP contribution in [0.2, 0.25) is 0 Å². The molecule has 0 bridgehead atoms. The van der Waals surface area contributed by atoms with Gasteiger partial charge < -0.3 is 14.5 Å². The Labute approximate surface area is 150 Å². The third kappa shape index (κ3) is 3.76. The van der Waals surface area contributed by atoms with Crippen LogP contribution in [0.3, 0.4) is 0 Å². The summed E-state index contributed by atoms with van der Waals surface area (Å²) < 4.78 is 48.0. The van der Waals surface area contributed by atoms with Crippen molar-refractivity contribution >= 4 is 23.0 Å². The van der Waals surface area contributed by atoms with Gasteiger partial charge in [0.1, 0.15) is 5.65 Å². The number of pyridine rings is 1. The van der Waals surface area contributed by atoms with Gasteiger partial charge in [-0.05, 0) is 24.3 Å². The van der Waals surface area contributed by atoms with Crippen LogP contribution in [-0.4, -0.2) is 29.0 Å². The van der Waals surface area contributed by atoms with E-state index in [2.05, 4.69) is 14.7 Å². The predicted molar refractivity (Wildman–Crippen MR) is 87.7 cm³/mol. The molecule has 9 heteroatoms. The van der Waals surface area contributed by atoms with Crippen LogP contribution in [0, 0.1) is 0 Å². The van der Waals surface area contributed by atoms with Crippen molar-refractivity contribution in [2.45, 2.75) is 12.3 Å². The number of carbonyl (C=O) groups excluding carboxylic acids is 2. The lowest BCUT2D eigenvalue weighted by atomic mass is 10.1. The van der Waals surface area contributed by atoms with Gasteiger partial charge in [0.25, 0.3) is 0 Å². The van der Waals surface area contributed by atoms with E-state index < -0.39 is 29.8 Å². The molecular weight excluding hydrogens is 365 g/mol. The second-order valence-corrected chi connectivity index (χ2v) is 5.53. The molecule has 0 amide bonds. The molecule has 3 aromatic rings. The quantitative estimate of drug-likeness (QED) is 0.701. The number of esters is 2. The van der Waals surface area contributed by atoms with E-state index in [-0.39, 0.29) is 11.1 Å². The number of rotatable bonds is 4. The van der Waals surface area contributed by atoms with Crippen molar-refractivity contribution in [1.82, 2.24) is 9.97 Å². The highest BCUT2D eigenvalue weighted by Gasteiger charge is 2.32. The van der Waals surface area contributed by atoms with Crippen molar-refractivity contribution in [3.63, 3.8) is 0 Å². The van der Waals surface area contributed by atoms with E-state index >= 15 is 0 Å². The third-order valence-corrected chi connectivity index (χ3v) is 3.86. The lowest BCUT2D eigenvalue weighted by Gasteiger charge is -2.17. The van der Waals surface area contributed by atoms with Gasteiger partial charge in [0, 0.05) is 23.3 Å². The molecule has 0 saturated carbocycles. The van der Waals surface area contributed by atoms with Gasteiger partial charge in [0.2, 0.25) is 6.10 Å². The standard InChI is InChI=1S/C18H13F3N2O4/c1-26-17(25)14(10-2-4-11(5-3-10)18(19,20)21)27-16(24)13-7-9-23-15-12(13)6-8-22-15/h2-9,14H,1H3,(H,22,23). The largest absolute Gasteiger partial charge is 0.466 e. The highest BCUT2D eigenvalue weighted by Crippen LogP contribution is 2.31. The molecule has 0 fully saturated rings. The molecule has 1 aromatic carbocycles. The molecule has 0 saturated heterocycles. The van der Waals surface area contributed by atoms with Crippen LogP contribution in [0.15, 0.2) is 48.8 Å². The summed E-state index contributed by atoms with van der Waals surface area (Å²) in [5.41, 5.74) is -0.220. The fourth-order valence-electron chi connectivity index (χ4n) is 2.52. The van der Waals surface area contributed by atoms with Crippen LogP contribution < -0.4 is 0 Å². The van der Waals surface area contributed by atoms with E-state index in [4.69, 9.17) is 4.74 Å². The normalized spacial score (nSPS) is 12.6. The molecule has 2 heterocycles. The molecule has 1 unspecified atom stereocenters. The highest BCUT2D eigenvalue weighted by molar-refractivity contribution is 6.03. The highest BCUT2D eigenvalue weighted by atomic mass is 19.4. The number of methoxy groups -OCH3 is 1. The molecule has 1 N–H and O–H groups in total. The smallest absolute Gasteiger partial charge is 0.416 e. The molecule has 6 nitrogen and oxygen atoms in total. The van der Waals surface area contributed by atoms with Crippen LogP contribution in [-0.2, 0) is 20.4 Å². The first-order chi connectivity index (χ1) is 12.8. The summed E-state index contributed by atoms with van der Waals surface area (Å²) in [6.07, 6.45) is -3.05. The van der Waals surface area contributed by atoms with Crippen molar-refractivity contribution in [3.8, 4) is 0 Å². The van der Waals surface area contributed by atoms with Crippen LogP contribution in [0.5, 0.6) is 0 Å². The number of alkyl halides is 3. The number of hydrogen-bond donors (Lipinski definition) is 1. The maximum absolute atomic E-state index is 12.7. The maximum atomic E-state index is 12.7. The minimum atomic E-state index is -4.52. The van der Waals surface area contributed by atoms with E-state index in [0.717, 1.165) is 31.4 Å². The molecule has 0 aliphatic heterocycles. The number of aromatic nitrogens is 2. The summed E-state index contributed by atoms with van der Waals surface area (Å²) in [6, 6.07) is 6.77. The van der Waals surface area contributed by atoms with Gasteiger partial charge in [-0.25, -0.2) is 14.6 Å². The number of H-pyrrole nitrogens is 1. The summed E-state index contributed by atoms with van der Waals surface area (Å²) in [5, 5.41) is 0.485. The molecule has 0 spiro atoms. The number of halogens is 3. The zero-order valence-corrected chi connectivity index (χ0v) is 13.9. The Kier molecular flexibility index (Phi) is 4.85. The first-order valence-electron chi connectivity index (χ1n) is 7.69. The van der Waals surface area contributed by atoms with Gasteiger partial charge >= 0.3 is 18.1 Å². The zero-order valence-electron chi connectivity index (χ0n) is 13.9. The first-order valence-corrected chi connectivity index (χ1v) is 7.69. The van der Waals surface area contributed by atoms with E-state index in [1.165, 1.54) is 12.3 Å². The van der Waals surface area contributed by atoms with Crippen LogP contribution >= 0.6 is 0 Å². The second kappa shape index (κ2) is 7.10. The monoisotopic (exact) mass is 378 g/mol. The predicted octanol–water partition coefficient (Wildman–Crippen LogP) is 3.65. The molecule has 140 valence electrons. The van der Waals surface area contributed by atoms with E-state index in [0.29, 0.717) is 11.0 Å². The molecule has 1 atom stereocenters. The minimum Gasteiger partial charge on any atom is -0.466 e. The van der Waals surface area contributed by atoms with E-state index in [1.807, 2.05) is 0 Å². The van der Waals surface area contributed by atoms with Gasteiger partial charge in [-0.3, -0.25) is 0 Å². The summed E-state index contributed by atoms with van der Waals surface area (Å²) in [4.78, 5) is 31.5. The van der Waals surface area contributed by atoms with Gasteiger partial charge in [-0.15, -0.1) is 0 Å². The van der Waals surface area contributed by atoms with Crippen LogP contribution in [0.1, 0.15) is 27.6 Å². The average Bonchev–Trinajstić information content (AvgIpc) is 3.13. The minimum absolute atomic E-state index is 0.0579. The summed E-state index contributed by atoms with van der Waals surface area (Å²) in [7, 11) is 1.09. The molecule has 27 heavy (non-hydrogen) atoms.